The number of carbonyl (C=O) groups is 1. The Morgan fingerprint density at radius 3 is 2.54 bits per heavy atom. The first kappa shape index (κ1) is 18.4. The molecule has 3 heterocycles. The van der Waals surface area contributed by atoms with Crippen LogP contribution in [0.5, 0.6) is 0 Å². The Kier molecular flexibility index (Phi) is 5.56. The maximum absolute atomic E-state index is 12.6. The quantitative estimate of drug-likeness (QED) is 0.807. The van der Waals surface area contributed by atoms with Gasteiger partial charge in [0, 0.05) is 57.1 Å². The van der Waals surface area contributed by atoms with Crippen molar-refractivity contribution >= 4 is 5.91 Å². The molecule has 140 valence electrons. The molecule has 0 atom stereocenters. The van der Waals surface area contributed by atoms with Gasteiger partial charge in [0.2, 0.25) is 5.91 Å². The summed E-state index contributed by atoms with van der Waals surface area (Å²) in [4.78, 5) is 28.5. The van der Waals surface area contributed by atoms with Gasteiger partial charge >= 0.3 is 0 Å². The average Bonchev–Trinajstić information content (AvgIpc) is 2.96. The Balaban J connectivity index is 1.54. The molecule has 7 heteroatoms. The van der Waals surface area contributed by atoms with E-state index >= 15 is 0 Å². The molecule has 2 aromatic rings. The second-order valence-electron chi connectivity index (χ2n) is 6.80. The molecule has 0 aliphatic carbocycles. The predicted octanol–water partition coefficient (Wildman–Crippen LogP) is 1.36. The van der Waals surface area contributed by atoms with Gasteiger partial charge in [0.1, 0.15) is 5.76 Å². The van der Waals surface area contributed by atoms with Gasteiger partial charge in [-0.1, -0.05) is 11.2 Å². The van der Waals surface area contributed by atoms with Gasteiger partial charge < -0.3 is 14.0 Å². The fourth-order valence-corrected chi connectivity index (χ4v) is 3.35. The highest BCUT2D eigenvalue weighted by molar-refractivity contribution is 5.79. The van der Waals surface area contributed by atoms with E-state index in [1.807, 2.05) is 37.9 Å². The lowest BCUT2D eigenvalue weighted by Crippen LogP contribution is -2.48. The summed E-state index contributed by atoms with van der Waals surface area (Å²) in [6.45, 7) is 10.3. The molecule has 1 aliphatic rings. The zero-order valence-corrected chi connectivity index (χ0v) is 15.7. The van der Waals surface area contributed by atoms with Crippen molar-refractivity contribution in [2.24, 2.45) is 0 Å². The van der Waals surface area contributed by atoms with E-state index in [9.17, 15) is 9.59 Å². The van der Waals surface area contributed by atoms with Crippen molar-refractivity contribution in [1.29, 1.82) is 0 Å². The first-order valence-electron chi connectivity index (χ1n) is 9.09. The third-order valence-corrected chi connectivity index (χ3v) is 5.03. The Hall–Kier alpha value is -2.41. The molecule has 0 N–H and O–H groups in total. The number of hydrogen-bond donors (Lipinski definition) is 0. The SMILES string of the molecule is CCn1cc(CN2CCN(C(=O)Cc3c(C)noc3C)CC2)ccc1=O. The summed E-state index contributed by atoms with van der Waals surface area (Å²) >= 11 is 0. The topological polar surface area (TPSA) is 71.6 Å². The molecule has 26 heavy (non-hydrogen) atoms. The second kappa shape index (κ2) is 7.86. The van der Waals surface area contributed by atoms with Gasteiger partial charge in [-0.05, 0) is 26.3 Å². The summed E-state index contributed by atoms with van der Waals surface area (Å²) in [5.41, 5.74) is 2.85. The molecule has 0 spiro atoms. The molecular formula is C19H26N4O3. The van der Waals surface area contributed by atoms with E-state index in [1.165, 1.54) is 0 Å². The summed E-state index contributed by atoms with van der Waals surface area (Å²) in [6, 6.07) is 3.52. The molecule has 0 aromatic carbocycles. The fraction of sp³-hybridized carbons (Fsp3) is 0.526. The highest BCUT2D eigenvalue weighted by Gasteiger charge is 2.23. The molecule has 0 unspecified atom stereocenters. The van der Waals surface area contributed by atoms with Crippen LogP contribution in [0, 0.1) is 13.8 Å². The van der Waals surface area contributed by atoms with Gasteiger partial charge in [-0.3, -0.25) is 14.5 Å². The van der Waals surface area contributed by atoms with Crippen LogP contribution in [0.3, 0.4) is 0 Å². The van der Waals surface area contributed by atoms with Crippen molar-refractivity contribution in [2.75, 3.05) is 26.2 Å². The van der Waals surface area contributed by atoms with Gasteiger partial charge in [-0.15, -0.1) is 0 Å². The average molecular weight is 358 g/mol. The number of rotatable bonds is 5. The van der Waals surface area contributed by atoms with Crippen molar-refractivity contribution in [3.8, 4) is 0 Å². The smallest absolute Gasteiger partial charge is 0.250 e. The van der Waals surface area contributed by atoms with Gasteiger partial charge in [0.25, 0.3) is 5.56 Å². The van der Waals surface area contributed by atoms with E-state index in [2.05, 4.69) is 10.1 Å². The molecule has 0 bridgehead atoms. The van der Waals surface area contributed by atoms with Gasteiger partial charge in [0.05, 0.1) is 12.1 Å². The van der Waals surface area contributed by atoms with E-state index in [0.29, 0.717) is 13.0 Å². The van der Waals surface area contributed by atoms with Crippen LogP contribution in [0.25, 0.3) is 0 Å². The summed E-state index contributed by atoms with van der Waals surface area (Å²) in [5.74, 6) is 0.846. The largest absolute Gasteiger partial charge is 0.361 e. The first-order valence-corrected chi connectivity index (χ1v) is 9.09. The van der Waals surface area contributed by atoms with Gasteiger partial charge in [-0.2, -0.15) is 0 Å². The van der Waals surface area contributed by atoms with Crippen LogP contribution in [-0.2, 0) is 24.3 Å². The van der Waals surface area contributed by atoms with E-state index < -0.39 is 0 Å². The van der Waals surface area contributed by atoms with Gasteiger partial charge in [-0.25, -0.2) is 0 Å². The molecule has 1 fully saturated rings. The van der Waals surface area contributed by atoms with Crippen molar-refractivity contribution in [3.63, 3.8) is 0 Å². The van der Waals surface area contributed by atoms with Crippen molar-refractivity contribution in [1.82, 2.24) is 19.5 Å². The summed E-state index contributed by atoms with van der Waals surface area (Å²) in [7, 11) is 0. The van der Waals surface area contributed by atoms with Crippen molar-refractivity contribution < 1.29 is 9.32 Å². The number of amides is 1. The summed E-state index contributed by atoms with van der Waals surface area (Å²) < 4.78 is 6.86. The normalized spacial score (nSPS) is 15.4. The molecule has 1 aliphatic heterocycles. The maximum Gasteiger partial charge on any atom is 0.250 e. The minimum absolute atomic E-state index is 0.0333. The molecule has 1 amide bonds. The van der Waals surface area contributed by atoms with Crippen LogP contribution >= 0.6 is 0 Å². The van der Waals surface area contributed by atoms with Crippen LogP contribution in [0.2, 0.25) is 0 Å². The van der Waals surface area contributed by atoms with Gasteiger partial charge in [0.15, 0.2) is 0 Å². The number of pyridine rings is 1. The van der Waals surface area contributed by atoms with Crippen LogP contribution < -0.4 is 5.56 Å². The molecule has 0 radical (unpaired) electrons. The van der Waals surface area contributed by atoms with Crippen molar-refractivity contribution in [2.45, 2.75) is 40.3 Å². The third-order valence-electron chi connectivity index (χ3n) is 5.03. The van der Waals surface area contributed by atoms with Crippen molar-refractivity contribution in [3.05, 3.63) is 51.3 Å². The molecular weight excluding hydrogens is 332 g/mol. The van der Waals surface area contributed by atoms with Crippen LogP contribution in [0.4, 0.5) is 0 Å². The first-order chi connectivity index (χ1) is 12.5. The molecule has 7 nitrogen and oxygen atoms in total. The Bertz CT molecular complexity index is 812. The third kappa shape index (κ3) is 4.04. The Morgan fingerprint density at radius 1 is 1.19 bits per heavy atom. The van der Waals surface area contributed by atoms with E-state index in [0.717, 1.165) is 55.3 Å². The number of nitrogens with zero attached hydrogens (tertiary/aromatic N) is 4. The summed E-state index contributed by atoms with van der Waals surface area (Å²) in [5, 5.41) is 3.92. The monoisotopic (exact) mass is 358 g/mol. The number of piperazine rings is 1. The fourth-order valence-electron chi connectivity index (χ4n) is 3.35. The van der Waals surface area contributed by atoms with Crippen LogP contribution in [-0.4, -0.2) is 51.6 Å². The molecule has 1 saturated heterocycles. The maximum atomic E-state index is 12.6. The number of aryl methyl sites for hydroxylation is 3. The molecule has 0 saturated carbocycles. The van der Waals surface area contributed by atoms with E-state index in [4.69, 9.17) is 4.52 Å². The standard InChI is InChI=1S/C19H26N4O3/c1-4-22-13-16(5-6-18(22)24)12-21-7-9-23(10-8-21)19(25)11-17-14(2)20-26-15(17)3/h5-6,13H,4,7-12H2,1-3H3. The summed E-state index contributed by atoms with van der Waals surface area (Å²) in [6.07, 6.45) is 2.28. The zero-order chi connectivity index (χ0) is 18.7. The Labute approximate surface area is 153 Å². The van der Waals surface area contributed by atoms with E-state index in [1.54, 1.807) is 10.6 Å². The molecule has 2 aromatic heterocycles. The lowest BCUT2D eigenvalue weighted by Gasteiger charge is -2.34. The Morgan fingerprint density at radius 2 is 1.92 bits per heavy atom. The number of aromatic nitrogens is 2. The van der Waals surface area contributed by atoms with Crippen LogP contribution in [0.1, 0.15) is 29.5 Å². The number of carbonyl (C=O) groups excluding carboxylic acids is 1. The lowest BCUT2D eigenvalue weighted by molar-refractivity contribution is -0.132. The zero-order valence-electron chi connectivity index (χ0n) is 15.7. The lowest BCUT2D eigenvalue weighted by atomic mass is 10.1. The second-order valence-corrected chi connectivity index (χ2v) is 6.80. The van der Waals surface area contributed by atoms with Crippen LogP contribution in [0.15, 0.2) is 27.6 Å². The highest BCUT2D eigenvalue weighted by Crippen LogP contribution is 2.15. The minimum atomic E-state index is 0.0333. The number of hydrogen-bond acceptors (Lipinski definition) is 5. The minimum Gasteiger partial charge on any atom is -0.361 e. The highest BCUT2D eigenvalue weighted by atomic mass is 16.5. The predicted molar refractivity (Wildman–Crippen MR) is 97.9 cm³/mol. The molecule has 3 rings (SSSR count). The van der Waals surface area contributed by atoms with E-state index in [-0.39, 0.29) is 11.5 Å².